The highest BCUT2D eigenvalue weighted by Crippen LogP contribution is 2.22. The van der Waals surface area contributed by atoms with E-state index >= 15 is 0 Å². The lowest BCUT2D eigenvalue weighted by Gasteiger charge is -2.28. The Morgan fingerprint density at radius 3 is 2.30 bits per heavy atom. The zero-order valence-electron chi connectivity index (χ0n) is 11.0. The lowest BCUT2D eigenvalue weighted by atomic mass is 10.1. The monoisotopic (exact) mass is 300 g/mol. The summed E-state index contributed by atoms with van der Waals surface area (Å²) in [4.78, 5) is 7.12. The van der Waals surface area contributed by atoms with Crippen molar-refractivity contribution in [3.63, 3.8) is 0 Å². The topological polar surface area (TPSA) is 105 Å². The molecule has 0 aromatic heterocycles. The van der Waals surface area contributed by atoms with E-state index in [0.29, 0.717) is 0 Å². The van der Waals surface area contributed by atoms with E-state index in [9.17, 15) is 0 Å². The highest BCUT2D eigenvalue weighted by atomic mass is 35.7. The molecule has 110 valence electrons. The SMILES string of the molecule is [O-][Cl+3]([O-])([O-])O.c1ccc2c(c1)CN=C2N1CCCCC1. The maximum absolute atomic E-state index is 8.60. The summed E-state index contributed by atoms with van der Waals surface area (Å²) in [5.74, 6) is 1.24. The summed E-state index contributed by atoms with van der Waals surface area (Å²) < 4.78 is 32.7. The van der Waals surface area contributed by atoms with E-state index in [1.165, 1.54) is 49.3 Å². The van der Waals surface area contributed by atoms with E-state index in [2.05, 4.69) is 34.2 Å². The van der Waals surface area contributed by atoms with Crippen molar-refractivity contribution in [1.82, 2.24) is 4.90 Å². The van der Waals surface area contributed by atoms with Gasteiger partial charge in [0.25, 0.3) is 0 Å². The summed E-state index contributed by atoms with van der Waals surface area (Å²) >= 11 is 0. The van der Waals surface area contributed by atoms with E-state index in [1.54, 1.807) is 0 Å². The normalized spacial score (nSPS) is 18.0. The summed E-state index contributed by atoms with van der Waals surface area (Å²) in [5.41, 5.74) is 2.75. The summed E-state index contributed by atoms with van der Waals surface area (Å²) in [7, 11) is -4.69. The first-order valence-corrected chi connectivity index (χ1v) is 7.72. The highest BCUT2D eigenvalue weighted by molar-refractivity contribution is 6.02. The summed E-state index contributed by atoms with van der Waals surface area (Å²) in [6.45, 7) is 3.25. The number of aliphatic imine (C=N–C) groups is 1. The second kappa shape index (κ2) is 6.51. The number of nitrogens with zero attached hydrogens (tertiary/aromatic N) is 2. The van der Waals surface area contributed by atoms with Gasteiger partial charge in [0.15, 0.2) is 0 Å². The van der Waals surface area contributed by atoms with Crippen molar-refractivity contribution in [2.24, 2.45) is 4.99 Å². The number of amidine groups is 1. The third-order valence-electron chi connectivity index (χ3n) is 3.31. The molecular formula is C13H17ClN2O4. The average Bonchev–Trinajstić information content (AvgIpc) is 2.81. The van der Waals surface area contributed by atoms with Crippen molar-refractivity contribution in [3.05, 3.63) is 35.4 Å². The van der Waals surface area contributed by atoms with Crippen LogP contribution in [0.5, 0.6) is 0 Å². The lowest BCUT2D eigenvalue weighted by molar-refractivity contribution is -1.92. The average molecular weight is 301 g/mol. The predicted octanol–water partition coefficient (Wildman–Crippen LogP) is -1.69. The molecule has 1 N–H and O–H groups in total. The molecule has 0 saturated carbocycles. The fraction of sp³-hybridized carbons (Fsp3) is 0.462. The van der Waals surface area contributed by atoms with Crippen LogP contribution in [0.2, 0.25) is 0 Å². The molecule has 3 rings (SSSR count). The molecule has 2 aliphatic rings. The van der Waals surface area contributed by atoms with Gasteiger partial charge in [-0.1, -0.05) is 24.3 Å². The van der Waals surface area contributed by atoms with Crippen LogP contribution in [0.1, 0.15) is 30.4 Å². The molecule has 0 radical (unpaired) electrons. The van der Waals surface area contributed by atoms with Crippen LogP contribution in [-0.4, -0.2) is 28.5 Å². The van der Waals surface area contributed by atoms with Crippen molar-refractivity contribution in [1.29, 1.82) is 0 Å². The van der Waals surface area contributed by atoms with Gasteiger partial charge in [0, 0.05) is 18.7 Å². The largest absolute Gasteiger partial charge is 0.356 e. The van der Waals surface area contributed by atoms with Crippen LogP contribution < -0.4 is 14.0 Å². The molecule has 20 heavy (non-hydrogen) atoms. The van der Waals surface area contributed by atoms with Gasteiger partial charge >= 0.3 is 0 Å². The molecule has 0 unspecified atom stereocenters. The van der Waals surface area contributed by atoms with Gasteiger partial charge in [0.05, 0.1) is 21.4 Å². The van der Waals surface area contributed by atoms with Gasteiger partial charge < -0.3 is 4.90 Å². The van der Waals surface area contributed by atoms with Gasteiger partial charge in [-0.05, 0) is 24.8 Å². The maximum Gasteiger partial charge on any atom is 0.131 e. The van der Waals surface area contributed by atoms with Gasteiger partial charge in [-0.15, -0.1) is 0 Å². The molecule has 1 aromatic carbocycles. The predicted molar refractivity (Wildman–Crippen MR) is 64.3 cm³/mol. The van der Waals surface area contributed by atoms with Crippen molar-refractivity contribution >= 4 is 5.84 Å². The molecule has 0 amide bonds. The quantitative estimate of drug-likeness (QED) is 0.615. The molecule has 7 heteroatoms. The Labute approximate surface area is 119 Å². The van der Waals surface area contributed by atoms with Crippen LogP contribution >= 0.6 is 0 Å². The van der Waals surface area contributed by atoms with Crippen LogP contribution in [0.25, 0.3) is 0 Å². The summed E-state index contributed by atoms with van der Waals surface area (Å²) in [5, 5.41) is 0. The zero-order chi connectivity index (χ0) is 14.6. The summed E-state index contributed by atoms with van der Waals surface area (Å²) in [6.07, 6.45) is 4.02. The fourth-order valence-corrected chi connectivity index (χ4v) is 2.50. The minimum atomic E-state index is -4.69. The van der Waals surface area contributed by atoms with Gasteiger partial charge in [0.2, 0.25) is 0 Å². The Kier molecular flexibility index (Phi) is 4.95. The number of rotatable bonds is 0. The number of fused-ring (bicyclic) bond motifs is 1. The molecule has 1 fully saturated rings. The molecule has 0 aliphatic carbocycles. The Morgan fingerprint density at radius 1 is 1.05 bits per heavy atom. The molecular weight excluding hydrogens is 284 g/mol. The third kappa shape index (κ3) is 4.43. The van der Waals surface area contributed by atoms with E-state index in [0.717, 1.165) is 6.54 Å². The smallest absolute Gasteiger partial charge is 0.131 e. The number of benzene rings is 1. The molecule has 6 nitrogen and oxygen atoms in total. The van der Waals surface area contributed by atoms with E-state index < -0.39 is 10.2 Å². The van der Waals surface area contributed by atoms with Gasteiger partial charge in [-0.2, -0.15) is 14.0 Å². The maximum atomic E-state index is 8.60. The number of halogens is 1. The zero-order valence-corrected chi connectivity index (χ0v) is 11.8. The highest BCUT2D eigenvalue weighted by Gasteiger charge is 2.21. The minimum Gasteiger partial charge on any atom is -0.356 e. The van der Waals surface area contributed by atoms with E-state index in [-0.39, 0.29) is 0 Å². The van der Waals surface area contributed by atoms with Gasteiger partial charge in [0.1, 0.15) is 5.84 Å². The molecule has 0 atom stereocenters. The van der Waals surface area contributed by atoms with Crippen LogP contribution in [-0.2, 0) is 6.54 Å². The number of likely N-dealkylation sites (tertiary alicyclic amines) is 1. The Hall–Kier alpha value is -1.18. The second-order valence-corrected chi connectivity index (χ2v) is 5.53. The minimum absolute atomic E-state index is 0.877. The van der Waals surface area contributed by atoms with Crippen LogP contribution in [0, 0.1) is 10.2 Å². The first-order chi connectivity index (χ1) is 9.45. The molecule has 2 aliphatic heterocycles. The van der Waals surface area contributed by atoms with Crippen molar-refractivity contribution in [2.75, 3.05) is 13.1 Å². The third-order valence-corrected chi connectivity index (χ3v) is 3.31. The molecule has 0 spiro atoms. The lowest BCUT2D eigenvalue weighted by Crippen LogP contribution is -2.58. The van der Waals surface area contributed by atoms with E-state index in [1.807, 2.05) is 0 Å². The molecule has 2 heterocycles. The van der Waals surface area contributed by atoms with Gasteiger partial charge in [-0.25, -0.2) is 0 Å². The first kappa shape index (κ1) is 15.2. The van der Waals surface area contributed by atoms with Crippen molar-refractivity contribution in [2.45, 2.75) is 25.8 Å². The van der Waals surface area contributed by atoms with Gasteiger partial charge in [-0.3, -0.25) is 4.99 Å². The first-order valence-electron chi connectivity index (χ1n) is 6.46. The van der Waals surface area contributed by atoms with Crippen LogP contribution in [0.15, 0.2) is 29.3 Å². The van der Waals surface area contributed by atoms with Crippen molar-refractivity contribution < 1.29 is 28.9 Å². The molecule has 0 bridgehead atoms. The number of hydrogen-bond acceptors (Lipinski definition) is 6. The fourth-order valence-electron chi connectivity index (χ4n) is 2.50. The van der Waals surface area contributed by atoms with Crippen LogP contribution in [0.4, 0.5) is 0 Å². The summed E-state index contributed by atoms with van der Waals surface area (Å²) in [6, 6.07) is 8.61. The molecule has 1 aromatic rings. The molecule has 1 saturated heterocycles. The van der Waals surface area contributed by atoms with Crippen LogP contribution in [0.3, 0.4) is 0 Å². The van der Waals surface area contributed by atoms with Crippen molar-refractivity contribution in [3.8, 4) is 0 Å². The standard InChI is InChI=1S/C13H16N2.ClHO4/c1-4-8-15(9-5-1)13-12-7-3-2-6-11(12)10-14-13;2-1(3,4)5/h2-3,6-7H,1,4-5,8-10H2;(H,2,3,4,5). The Bertz CT molecular complexity index is 476. The number of piperidine rings is 1. The second-order valence-electron chi connectivity index (χ2n) is 4.74. The Balaban J connectivity index is 0.000000257. The Morgan fingerprint density at radius 2 is 1.65 bits per heavy atom. The van der Waals surface area contributed by atoms with E-state index in [4.69, 9.17) is 18.6 Å². The number of hydrogen-bond donors (Lipinski definition) is 1.